The maximum absolute atomic E-state index is 2.24. The Morgan fingerprint density at radius 3 is 0.905 bits per heavy atom. The normalized spacial score (nSPS) is 9.57. The maximum atomic E-state index is 2.24. The van der Waals surface area contributed by atoms with Gasteiger partial charge in [0.25, 0.3) is 0 Å². The van der Waals surface area contributed by atoms with Gasteiger partial charge in [0, 0.05) is 23.1 Å². The molecule has 3 rings (SSSR count). The van der Waals surface area contributed by atoms with Gasteiger partial charge in [0.05, 0.1) is 7.92 Å². The molecule has 3 heteroatoms. The Labute approximate surface area is 143 Å². The van der Waals surface area contributed by atoms with E-state index in [2.05, 4.69) is 91.0 Å². The summed E-state index contributed by atoms with van der Waals surface area (Å²) in [6.07, 6.45) is 0. The predicted molar refractivity (Wildman–Crippen MR) is 94.2 cm³/mol. The first-order chi connectivity index (χ1) is 9.45. The number of hydrogen-bond donors (Lipinski definition) is 0. The van der Waals surface area contributed by atoms with Crippen LogP contribution in [0.2, 0.25) is 0 Å². The average molecular weight is 305 g/mol. The van der Waals surface area contributed by atoms with Crippen LogP contribution in [0.4, 0.5) is 0 Å². The molecule has 0 atom stereocenters. The van der Waals surface area contributed by atoms with Gasteiger partial charge in [-0.3, -0.25) is 0 Å². The van der Waals surface area contributed by atoms with Gasteiger partial charge >= 0.3 is 0 Å². The maximum Gasteiger partial charge on any atom is 0.102 e. The van der Waals surface area contributed by atoms with Crippen molar-refractivity contribution in [2.24, 2.45) is 0 Å². The standard InChI is InChI=1S/C18H15P.Mg.H2O/c1-4-10-16(11-5-1)19(17-12-6-2-7-13-17)18-14-8-3-9-15-18;;/h1-15H;;1H2. The smallest absolute Gasteiger partial charge is 0.102 e. The molecule has 3 aromatic rings. The Balaban J connectivity index is 0.00000110. The fourth-order valence-electron chi connectivity index (χ4n) is 2.31. The molecule has 21 heavy (non-hydrogen) atoms. The molecule has 0 spiro atoms. The Morgan fingerprint density at radius 2 is 0.667 bits per heavy atom. The second kappa shape index (κ2) is 8.96. The monoisotopic (exact) mass is 304 g/mol. The van der Waals surface area contributed by atoms with Gasteiger partial charge in [0.2, 0.25) is 0 Å². The van der Waals surface area contributed by atoms with E-state index in [-0.39, 0.29) is 28.5 Å². The van der Waals surface area contributed by atoms with Crippen molar-refractivity contribution in [1.82, 2.24) is 0 Å². The summed E-state index contributed by atoms with van der Waals surface area (Å²) < 4.78 is 0. The zero-order valence-corrected chi connectivity index (χ0v) is 14.2. The summed E-state index contributed by atoms with van der Waals surface area (Å²) in [4.78, 5) is 0. The van der Waals surface area contributed by atoms with Crippen LogP contribution in [-0.2, 0) is 0 Å². The molecule has 0 saturated carbocycles. The number of rotatable bonds is 3. The van der Waals surface area contributed by atoms with Crippen LogP contribution in [0.5, 0.6) is 0 Å². The third-order valence-corrected chi connectivity index (χ3v) is 5.92. The highest BCUT2D eigenvalue weighted by Crippen LogP contribution is 2.32. The van der Waals surface area contributed by atoms with E-state index in [0.717, 1.165) is 0 Å². The van der Waals surface area contributed by atoms with Crippen LogP contribution in [0.15, 0.2) is 91.0 Å². The van der Waals surface area contributed by atoms with E-state index in [1.807, 2.05) is 0 Å². The van der Waals surface area contributed by atoms with Gasteiger partial charge in [0.1, 0.15) is 15.9 Å². The quantitative estimate of drug-likeness (QED) is 0.540. The molecule has 0 fully saturated rings. The zero-order valence-electron chi connectivity index (χ0n) is 11.8. The van der Waals surface area contributed by atoms with Crippen LogP contribution in [0.3, 0.4) is 0 Å². The third kappa shape index (κ3) is 4.39. The van der Waals surface area contributed by atoms with E-state index < -0.39 is 7.92 Å². The van der Waals surface area contributed by atoms with E-state index >= 15 is 0 Å². The minimum atomic E-state index is -0.877. The number of hydrogen-bond acceptors (Lipinski definition) is 1. The molecule has 0 saturated heterocycles. The Morgan fingerprint density at radius 1 is 0.429 bits per heavy atom. The highest BCUT2D eigenvalue weighted by molar-refractivity contribution is 7.79. The van der Waals surface area contributed by atoms with Crippen molar-refractivity contribution in [3.63, 3.8) is 0 Å². The first kappa shape index (κ1) is 17.9. The molecule has 0 bridgehead atoms. The van der Waals surface area contributed by atoms with Gasteiger partial charge in [-0.25, -0.2) is 0 Å². The molecule has 0 aliphatic heterocycles. The minimum absolute atomic E-state index is 0. The zero-order chi connectivity index (χ0) is 12.9. The van der Waals surface area contributed by atoms with Crippen molar-refractivity contribution in [3.05, 3.63) is 91.0 Å². The molecule has 3 aromatic carbocycles. The molecule has 2 radical (unpaired) electrons. The van der Waals surface area contributed by atoms with E-state index in [9.17, 15) is 0 Å². The highest BCUT2D eigenvalue weighted by atomic mass is 31.1. The molecule has 1 nitrogen and oxygen atoms in total. The van der Waals surface area contributed by atoms with Gasteiger partial charge in [-0.05, 0) is 36.4 Å². The summed E-state index contributed by atoms with van der Waals surface area (Å²) in [5, 5.41) is 4.31. The minimum Gasteiger partial charge on any atom is -0.870 e. The van der Waals surface area contributed by atoms with Crippen LogP contribution in [-0.4, -0.2) is 28.5 Å². The molecule has 0 unspecified atom stereocenters. The SMILES string of the molecule is [Mg].[OH-].c1ccc([PH+](c2ccccc2)c2ccccc2)cc1. The predicted octanol–water partition coefficient (Wildman–Crippen LogP) is 2.62. The van der Waals surface area contributed by atoms with Gasteiger partial charge < -0.3 is 5.48 Å². The first-order valence-electron chi connectivity index (χ1n) is 6.48. The highest BCUT2D eigenvalue weighted by Gasteiger charge is 2.24. The lowest BCUT2D eigenvalue weighted by Gasteiger charge is -2.10. The van der Waals surface area contributed by atoms with Crippen molar-refractivity contribution in [2.45, 2.75) is 0 Å². The summed E-state index contributed by atoms with van der Waals surface area (Å²) in [5.41, 5.74) is 0. The topological polar surface area (TPSA) is 30.0 Å². The molecule has 102 valence electrons. The average Bonchev–Trinajstić information content (AvgIpc) is 2.51. The Hall–Kier alpha value is -1.18. The summed E-state index contributed by atoms with van der Waals surface area (Å²) in [6, 6.07) is 32.5. The summed E-state index contributed by atoms with van der Waals surface area (Å²) >= 11 is 0. The van der Waals surface area contributed by atoms with Gasteiger partial charge in [-0.15, -0.1) is 0 Å². The molecular formula is C18H17MgOP. The van der Waals surface area contributed by atoms with E-state index in [0.29, 0.717) is 0 Å². The lowest BCUT2D eigenvalue weighted by atomic mass is 10.4. The van der Waals surface area contributed by atoms with Crippen molar-refractivity contribution in [2.75, 3.05) is 0 Å². The third-order valence-electron chi connectivity index (χ3n) is 3.19. The van der Waals surface area contributed by atoms with Crippen LogP contribution >= 0.6 is 7.92 Å². The first-order valence-corrected chi connectivity index (χ1v) is 7.98. The van der Waals surface area contributed by atoms with Crippen molar-refractivity contribution < 1.29 is 5.48 Å². The molecule has 0 aromatic heterocycles. The summed E-state index contributed by atoms with van der Waals surface area (Å²) in [7, 11) is -0.877. The molecular weight excluding hydrogens is 287 g/mol. The van der Waals surface area contributed by atoms with Gasteiger partial charge in [-0.2, -0.15) is 0 Å². The van der Waals surface area contributed by atoms with E-state index in [1.165, 1.54) is 15.9 Å². The summed E-state index contributed by atoms with van der Waals surface area (Å²) in [6.45, 7) is 0. The fraction of sp³-hybridized carbons (Fsp3) is 0. The van der Waals surface area contributed by atoms with E-state index in [1.54, 1.807) is 0 Å². The lowest BCUT2D eigenvalue weighted by Crippen LogP contribution is -2.20. The Bertz CT molecular complexity index is 535. The van der Waals surface area contributed by atoms with Crippen molar-refractivity contribution in [1.29, 1.82) is 0 Å². The molecule has 0 aliphatic carbocycles. The second-order valence-electron chi connectivity index (χ2n) is 4.47. The van der Waals surface area contributed by atoms with Crippen LogP contribution in [0.1, 0.15) is 0 Å². The van der Waals surface area contributed by atoms with Crippen LogP contribution in [0.25, 0.3) is 0 Å². The van der Waals surface area contributed by atoms with Gasteiger partial charge in [-0.1, -0.05) is 54.6 Å². The van der Waals surface area contributed by atoms with Crippen molar-refractivity contribution >= 4 is 46.9 Å². The molecule has 1 N–H and O–H groups in total. The largest absolute Gasteiger partial charge is 0.870 e. The van der Waals surface area contributed by atoms with Crippen molar-refractivity contribution in [3.8, 4) is 0 Å². The van der Waals surface area contributed by atoms with Gasteiger partial charge in [0.15, 0.2) is 0 Å². The van der Waals surface area contributed by atoms with Crippen LogP contribution in [0, 0.1) is 0 Å². The molecule has 0 amide bonds. The number of benzene rings is 3. The van der Waals surface area contributed by atoms with E-state index in [4.69, 9.17) is 0 Å². The van der Waals surface area contributed by atoms with Crippen LogP contribution < -0.4 is 15.9 Å². The fourth-order valence-corrected chi connectivity index (χ4v) is 4.89. The summed E-state index contributed by atoms with van der Waals surface area (Å²) in [5.74, 6) is 0. The molecule has 0 aliphatic rings. The second-order valence-corrected chi connectivity index (χ2v) is 6.96. The Kier molecular flexibility index (Phi) is 7.62. The lowest BCUT2D eigenvalue weighted by molar-refractivity contribution is 0.824. The molecule has 0 heterocycles.